The first-order valence-corrected chi connectivity index (χ1v) is 10.1. The van der Waals surface area contributed by atoms with Gasteiger partial charge in [0.15, 0.2) is 5.78 Å². The summed E-state index contributed by atoms with van der Waals surface area (Å²) in [4.78, 5) is 17.1. The Morgan fingerprint density at radius 1 is 0.862 bits per heavy atom. The third kappa shape index (κ3) is 5.14. The lowest BCUT2D eigenvalue weighted by Crippen LogP contribution is -2.21. The average molecular weight is 394 g/mol. The molecular weight excluding hydrogens is 358 g/mol. The van der Waals surface area contributed by atoms with E-state index in [9.17, 15) is 9.90 Å². The number of benzene rings is 1. The normalized spacial score (nSPS) is 16.3. The van der Waals surface area contributed by atoms with Crippen molar-refractivity contribution in [1.29, 1.82) is 0 Å². The van der Waals surface area contributed by atoms with Gasteiger partial charge >= 0.3 is 0 Å². The molecule has 0 saturated heterocycles. The van der Waals surface area contributed by atoms with Crippen LogP contribution >= 0.6 is 0 Å². The number of nitrogens with zero attached hydrogens (tertiary/aromatic N) is 1. The fourth-order valence-corrected chi connectivity index (χ4v) is 3.33. The molecule has 0 atom stereocenters. The van der Waals surface area contributed by atoms with E-state index in [1.54, 1.807) is 12.3 Å². The first kappa shape index (κ1) is 22.9. The summed E-state index contributed by atoms with van der Waals surface area (Å²) < 4.78 is 0. The molecule has 156 valence electrons. The maximum Gasteiger partial charge on any atom is 0.189 e. The lowest BCUT2D eigenvalue weighted by atomic mass is 9.78. The van der Waals surface area contributed by atoms with Crippen LogP contribution in [0.4, 0.5) is 0 Å². The van der Waals surface area contributed by atoms with Gasteiger partial charge in [-0.15, -0.1) is 0 Å². The second-order valence-corrected chi connectivity index (χ2v) is 11.0. The number of phenols is 1. The Bertz CT molecular complexity index is 901. The topological polar surface area (TPSA) is 49.7 Å². The molecule has 0 unspecified atom stereocenters. The summed E-state index contributed by atoms with van der Waals surface area (Å²) >= 11 is 0. The summed E-state index contributed by atoms with van der Waals surface area (Å²) in [5, 5.41) is 10.9. The van der Waals surface area contributed by atoms with E-state index in [1.165, 1.54) is 0 Å². The van der Waals surface area contributed by atoms with E-state index < -0.39 is 0 Å². The second-order valence-electron chi connectivity index (χ2n) is 11.0. The van der Waals surface area contributed by atoms with Crippen LogP contribution in [0.3, 0.4) is 0 Å². The number of aliphatic imine (C=N–C) groups is 1. The molecule has 0 amide bonds. The molecule has 0 spiro atoms. The summed E-state index contributed by atoms with van der Waals surface area (Å²) in [7, 11) is 0. The number of hydrogen-bond donors (Lipinski definition) is 1. The Morgan fingerprint density at radius 3 is 1.76 bits per heavy atom. The fourth-order valence-electron chi connectivity index (χ4n) is 3.33. The molecule has 3 heteroatoms. The quantitative estimate of drug-likeness (QED) is 0.467. The maximum atomic E-state index is 12.4. The standard InChI is InChI=1S/C26H35NO2/c1-16-11-18(14-21(22(16)28)26(8,9)10)27-15-17-12-19(24(2,3)4)23(29)20(13-17)25(5,6)7/h11-15,29H,1H2,2-10H3. The van der Waals surface area contributed by atoms with Crippen molar-refractivity contribution >= 4 is 12.0 Å². The van der Waals surface area contributed by atoms with E-state index in [0.717, 1.165) is 16.7 Å². The van der Waals surface area contributed by atoms with E-state index >= 15 is 0 Å². The van der Waals surface area contributed by atoms with Gasteiger partial charge in [0.25, 0.3) is 0 Å². The molecule has 1 aromatic rings. The number of allylic oxidation sites excluding steroid dienone is 4. The van der Waals surface area contributed by atoms with Gasteiger partial charge in [-0.3, -0.25) is 9.79 Å². The minimum absolute atomic E-state index is 0.0221. The lowest BCUT2D eigenvalue weighted by molar-refractivity contribution is -0.112. The van der Waals surface area contributed by atoms with E-state index in [0.29, 0.717) is 22.6 Å². The van der Waals surface area contributed by atoms with E-state index in [-0.39, 0.29) is 22.0 Å². The Kier molecular flexibility index (Phi) is 5.87. The summed E-state index contributed by atoms with van der Waals surface area (Å²) in [5.74, 6) is 0.332. The summed E-state index contributed by atoms with van der Waals surface area (Å²) in [6, 6.07) is 3.98. The number of rotatable bonds is 2. The SMILES string of the molecule is C=C1C=C(N=Cc2cc(C(C)(C)C)c(O)c(C(C)(C)C)c2)C=C(C(C)(C)C)C1=O. The molecule has 0 radical (unpaired) electrons. The van der Waals surface area contributed by atoms with Crippen LogP contribution in [-0.4, -0.2) is 17.1 Å². The molecule has 0 heterocycles. The van der Waals surface area contributed by atoms with Gasteiger partial charge in [-0.05, 0) is 46.1 Å². The van der Waals surface area contributed by atoms with Crippen LogP contribution in [-0.2, 0) is 15.6 Å². The van der Waals surface area contributed by atoms with Crippen LogP contribution in [0.5, 0.6) is 5.75 Å². The van der Waals surface area contributed by atoms with E-state index in [2.05, 4.69) is 53.1 Å². The molecule has 0 fully saturated rings. The van der Waals surface area contributed by atoms with Crippen LogP contribution < -0.4 is 0 Å². The van der Waals surface area contributed by atoms with Gasteiger partial charge in [0.05, 0.1) is 5.70 Å². The third-order valence-corrected chi connectivity index (χ3v) is 5.07. The average Bonchev–Trinajstić information content (AvgIpc) is 2.53. The molecule has 0 aromatic heterocycles. The van der Waals surface area contributed by atoms with E-state index in [4.69, 9.17) is 0 Å². The molecule has 0 bridgehead atoms. The predicted octanol–water partition coefficient (Wildman–Crippen LogP) is 6.40. The highest BCUT2D eigenvalue weighted by Gasteiger charge is 2.28. The Hall–Kier alpha value is -2.42. The third-order valence-electron chi connectivity index (χ3n) is 5.07. The number of phenolic OH excluding ortho intramolecular Hbond substituents is 1. The Balaban J connectivity index is 2.55. The smallest absolute Gasteiger partial charge is 0.189 e. The van der Waals surface area contributed by atoms with Gasteiger partial charge in [0.2, 0.25) is 0 Å². The number of Topliss-reactive ketones (excluding diaryl/α,β-unsaturated/α-hetero) is 1. The largest absolute Gasteiger partial charge is 0.507 e. The summed E-state index contributed by atoms with van der Waals surface area (Å²) in [6.07, 6.45) is 5.38. The molecule has 29 heavy (non-hydrogen) atoms. The van der Waals surface area contributed by atoms with Crippen molar-refractivity contribution < 1.29 is 9.90 Å². The molecule has 1 aliphatic carbocycles. The molecule has 0 aliphatic heterocycles. The van der Waals surface area contributed by atoms with Crippen LogP contribution in [0.1, 0.15) is 79.0 Å². The molecule has 1 aromatic carbocycles. The highest BCUT2D eigenvalue weighted by molar-refractivity contribution is 6.12. The minimum Gasteiger partial charge on any atom is -0.507 e. The first-order valence-electron chi connectivity index (χ1n) is 10.1. The molecule has 0 saturated carbocycles. The van der Waals surface area contributed by atoms with Crippen molar-refractivity contribution in [2.75, 3.05) is 0 Å². The van der Waals surface area contributed by atoms with Crippen molar-refractivity contribution in [3.05, 3.63) is 64.4 Å². The summed E-state index contributed by atoms with van der Waals surface area (Å²) in [5.41, 5.74) is 3.94. The van der Waals surface area contributed by atoms with Gasteiger partial charge in [-0.25, -0.2) is 0 Å². The maximum absolute atomic E-state index is 12.4. The van der Waals surface area contributed by atoms with Gasteiger partial charge in [0.1, 0.15) is 5.75 Å². The second kappa shape index (κ2) is 7.44. The number of hydrogen-bond acceptors (Lipinski definition) is 3. The molecule has 2 rings (SSSR count). The Morgan fingerprint density at radius 2 is 1.34 bits per heavy atom. The van der Waals surface area contributed by atoms with Crippen molar-refractivity contribution in [2.24, 2.45) is 10.4 Å². The predicted molar refractivity (Wildman–Crippen MR) is 123 cm³/mol. The molecule has 1 N–H and O–H groups in total. The monoisotopic (exact) mass is 393 g/mol. The fraction of sp³-hybridized carbons (Fsp3) is 0.462. The van der Waals surface area contributed by atoms with Crippen LogP contribution in [0, 0.1) is 5.41 Å². The van der Waals surface area contributed by atoms with Crippen LogP contribution in [0.25, 0.3) is 0 Å². The van der Waals surface area contributed by atoms with E-state index in [1.807, 2.05) is 39.0 Å². The molecule has 3 nitrogen and oxygen atoms in total. The number of carbonyl (C=O) groups is 1. The number of aromatic hydroxyl groups is 1. The lowest BCUT2D eigenvalue weighted by Gasteiger charge is -2.27. The van der Waals surface area contributed by atoms with Crippen LogP contribution in [0.15, 0.2) is 52.7 Å². The zero-order valence-corrected chi connectivity index (χ0v) is 19.4. The molecular formula is C26H35NO2. The highest BCUT2D eigenvalue weighted by Crippen LogP contribution is 2.39. The van der Waals surface area contributed by atoms with Gasteiger partial charge in [0, 0.05) is 28.5 Å². The van der Waals surface area contributed by atoms with Gasteiger partial charge < -0.3 is 5.11 Å². The minimum atomic E-state index is -0.271. The highest BCUT2D eigenvalue weighted by atomic mass is 16.3. The van der Waals surface area contributed by atoms with Crippen molar-refractivity contribution in [1.82, 2.24) is 0 Å². The number of ketones is 1. The van der Waals surface area contributed by atoms with Crippen molar-refractivity contribution in [3.63, 3.8) is 0 Å². The van der Waals surface area contributed by atoms with Gasteiger partial charge in [-0.1, -0.05) is 68.9 Å². The Labute approximate surface area is 176 Å². The van der Waals surface area contributed by atoms with Gasteiger partial charge in [-0.2, -0.15) is 0 Å². The number of carbonyl (C=O) groups excluding carboxylic acids is 1. The van der Waals surface area contributed by atoms with Crippen molar-refractivity contribution in [3.8, 4) is 5.75 Å². The zero-order chi connectivity index (χ0) is 22.4. The molecule has 1 aliphatic rings. The van der Waals surface area contributed by atoms with Crippen molar-refractivity contribution in [2.45, 2.75) is 73.1 Å². The zero-order valence-electron chi connectivity index (χ0n) is 19.4. The van der Waals surface area contributed by atoms with Crippen LogP contribution in [0.2, 0.25) is 0 Å². The summed E-state index contributed by atoms with van der Waals surface area (Å²) in [6.45, 7) is 22.5. The first-order chi connectivity index (χ1) is 13.0.